The molecule has 0 amide bonds. The number of fused-ring (bicyclic) bond motifs is 1. The van der Waals surface area contributed by atoms with E-state index in [4.69, 9.17) is 0 Å². The summed E-state index contributed by atoms with van der Waals surface area (Å²) in [5.41, 5.74) is 3.72. The summed E-state index contributed by atoms with van der Waals surface area (Å²) in [4.78, 5) is 17.0. The Morgan fingerprint density at radius 2 is 2.14 bits per heavy atom. The fraction of sp³-hybridized carbons (Fsp3) is 0.611. The molecule has 1 heterocycles. The highest BCUT2D eigenvalue weighted by atomic mass is 16.1. The zero-order valence-electron chi connectivity index (χ0n) is 13.3. The van der Waals surface area contributed by atoms with Gasteiger partial charge >= 0.3 is 0 Å². The number of benzene rings is 1. The Balaban J connectivity index is 1.55. The number of hydrogen-bond acceptors (Lipinski definition) is 3. The zero-order valence-corrected chi connectivity index (χ0v) is 13.3. The van der Waals surface area contributed by atoms with Gasteiger partial charge in [0.05, 0.1) is 6.54 Å². The summed E-state index contributed by atoms with van der Waals surface area (Å²) in [7, 11) is 4.25. The molecule has 1 aromatic rings. The highest BCUT2D eigenvalue weighted by molar-refractivity contribution is 5.97. The molecular weight excluding hydrogens is 260 g/mol. The van der Waals surface area contributed by atoms with E-state index < -0.39 is 0 Å². The van der Waals surface area contributed by atoms with Crippen LogP contribution in [0.4, 0.5) is 0 Å². The van der Waals surface area contributed by atoms with Crippen molar-refractivity contribution >= 4 is 5.78 Å². The van der Waals surface area contributed by atoms with Gasteiger partial charge in [-0.05, 0) is 69.4 Å². The average molecular weight is 286 g/mol. The minimum absolute atomic E-state index is 0.263. The van der Waals surface area contributed by atoms with Crippen molar-refractivity contribution in [2.45, 2.75) is 25.7 Å². The van der Waals surface area contributed by atoms with Gasteiger partial charge in [-0.15, -0.1) is 0 Å². The van der Waals surface area contributed by atoms with Gasteiger partial charge in [-0.3, -0.25) is 9.69 Å². The molecule has 3 rings (SSSR count). The van der Waals surface area contributed by atoms with Gasteiger partial charge in [0, 0.05) is 18.7 Å². The molecule has 1 aromatic carbocycles. The maximum Gasteiger partial charge on any atom is 0.176 e. The molecule has 1 unspecified atom stereocenters. The van der Waals surface area contributed by atoms with Gasteiger partial charge in [-0.1, -0.05) is 12.1 Å². The molecule has 3 heteroatoms. The Kier molecular flexibility index (Phi) is 4.41. The van der Waals surface area contributed by atoms with Crippen molar-refractivity contribution in [3.63, 3.8) is 0 Å². The molecule has 0 aromatic heterocycles. The smallest absolute Gasteiger partial charge is 0.176 e. The number of aryl methyl sites for hydroxylation is 2. The van der Waals surface area contributed by atoms with E-state index in [1.54, 1.807) is 0 Å². The van der Waals surface area contributed by atoms with Gasteiger partial charge < -0.3 is 4.90 Å². The van der Waals surface area contributed by atoms with Gasteiger partial charge in [0.25, 0.3) is 0 Å². The van der Waals surface area contributed by atoms with Crippen molar-refractivity contribution < 1.29 is 4.79 Å². The van der Waals surface area contributed by atoms with Crippen LogP contribution in [0.15, 0.2) is 18.2 Å². The van der Waals surface area contributed by atoms with Crippen LogP contribution in [0.1, 0.15) is 34.3 Å². The number of likely N-dealkylation sites (tertiary alicyclic amines) is 1. The van der Waals surface area contributed by atoms with E-state index in [1.165, 1.54) is 36.9 Å². The molecule has 1 aliphatic carbocycles. The molecule has 21 heavy (non-hydrogen) atoms. The first-order chi connectivity index (χ1) is 10.1. The molecule has 0 N–H and O–H groups in total. The summed E-state index contributed by atoms with van der Waals surface area (Å²) < 4.78 is 0. The molecule has 1 atom stereocenters. The highest BCUT2D eigenvalue weighted by Crippen LogP contribution is 2.23. The number of carbonyl (C=O) groups is 1. The summed E-state index contributed by atoms with van der Waals surface area (Å²) in [6.45, 7) is 3.93. The first-order valence-corrected chi connectivity index (χ1v) is 8.14. The summed E-state index contributed by atoms with van der Waals surface area (Å²) in [5, 5.41) is 0. The molecule has 0 radical (unpaired) electrons. The number of Topliss-reactive ketones (excluding diaryl/α,β-unsaturated/α-hetero) is 1. The first kappa shape index (κ1) is 14.7. The van der Waals surface area contributed by atoms with Crippen molar-refractivity contribution in [1.29, 1.82) is 0 Å². The predicted molar refractivity (Wildman–Crippen MR) is 85.9 cm³/mol. The minimum Gasteiger partial charge on any atom is -0.306 e. The Bertz CT molecular complexity index is 526. The molecule has 1 saturated heterocycles. The SMILES string of the molecule is CN1CCC(CN(C)CC(=O)c2ccc3c(c2)CCC3)C1. The number of carbonyl (C=O) groups excluding carboxylic acids is 1. The van der Waals surface area contributed by atoms with E-state index in [-0.39, 0.29) is 5.78 Å². The number of ketones is 1. The molecule has 3 nitrogen and oxygen atoms in total. The standard InChI is InChI=1S/C18H26N2O/c1-19-9-8-14(11-19)12-20(2)13-18(21)17-7-6-15-4-3-5-16(15)10-17/h6-7,10,14H,3-5,8-9,11-13H2,1-2H3. The zero-order chi connectivity index (χ0) is 14.8. The van der Waals surface area contributed by atoms with E-state index in [0.29, 0.717) is 12.5 Å². The number of nitrogens with zero attached hydrogens (tertiary/aromatic N) is 2. The molecular formula is C18H26N2O. The predicted octanol–water partition coefficient (Wildman–Crippen LogP) is 2.24. The van der Waals surface area contributed by atoms with Crippen LogP contribution in [0.3, 0.4) is 0 Å². The number of hydrogen-bond donors (Lipinski definition) is 0. The fourth-order valence-corrected chi connectivity index (χ4v) is 3.76. The molecule has 2 aliphatic rings. The third-order valence-corrected chi connectivity index (χ3v) is 4.89. The highest BCUT2D eigenvalue weighted by Gasteiger charge is 2.22. The normalized spacial score (nSPS) is 22.0. The topological polar surface area (TPSA) is 23.6 Å². The number of likely N-dealkylation sites (N-methyl/N-ethyl adjacent to an activating group) is 1. The largest absolute Gasteiger partial charge is 0.306 e. The van der Waals surface area contributed by atoms with Gasteiger partial charge in [-0.2, -0.15) is 0 Å². The lowest BCUT2D eigenvalue weighted by molar-refractivity contribution is 0.0938. The van der Waals surface area contributed by atoms with Crippen LogP contribution in [-0.2, 0) is 12.8 Å². The Labute approximate surface area is 127 Å². The van der Waals surface area contributed by atoms with Gasteiger partial charge in [0.2, 0.25) is 0 Å². The quantitative estimate of drug-likeness (QED) is 0.776. The van der Waals surface area contributed by atoms with Crippen molar-refractivity contribution in [3.8, 4) is 0 Å². The van der Waals surface area contributed by atoms with Gasteiger partial charge in [0.15, 0.2) is 5.78 Å². The summed E-state index contributed by atoms with van der Waals surface area (Å²) >= 11 is 0. The van der Waals surface area contributed by atoms with Crippen LogP contribution < -0.4 is 0 Å². The second-order valence-electron chi connectivity index (χ2n) is 6.87. The van der Waals surface area contributed by atoms with Gasteiger partial charge in [-0.25, -0.2) is 0 Å². The van der Waals surface area contributed by atoms with Crippen LogP contribution in [-0.4, -0.2) is 55.9 Å². The number of rotatable bonds is 5. The molecule has 114 valence electrons. The maximum atomic E-state index is 12.4. The van der Waals surface area contributed by atoms with Crippen LogP contribution in [0.25, 0.3) is 0 Å². The van der Waals surface area contributed by atoms with Crippen LogP contribution in [0.5, 0.6) is 0 Å². The molecule has 0 spiro atoms. The van der Waals surface area contributed by atoms with E-state index in [0.717, 1.165) is 25.1 Å². The van der Waals surface area contributed by atoms with Crippen LogP contribution in [0.2, 0.25) is 0 Å². The van der Waals surface area contributed by atoms with Crippen molar-refractivity contribution in [2.75, 3.05) is 40.3 Å². The minimum atomic E-state index is 0.263. The lowest BCUT2D eigenvalue weighted by atomic mass is 10.0. The van der Waals surface area contributed by atoms with Crippen molar-refractivity contribution in [3.05, 3.63) is 34.9 Å². The molecule has 1 fully saturated rings. The summed E-state index contributed by atoms with van der Waals surface area (Å²) in [6.07, 6.45) is 4.82. The Hall–Kier alpha value is -1.19. The van der Waals surface area contributed by atoms with Crippen molar-refractivity contribution in [1.82, 2.24) is 9.80 Å². The Morgan fingerprint density at radius 1 is 1.33 bits per heavy atom. The third-order valence-electron chi connectivity index (χ3n) is 4.89. The van der Waals surface area contributed by atoms with Crippen LogP contribution in [0, 0.1) is 5.92 Å². The lowest BCUT2D eigenvalue weighted by Crippen LogP contribution is -2.32. The van der Waals surface area contributed by atoms with E-state index in [1.807, 2.05) is 6.07 Å². The fourth-order valence-electron chi connectivity index (χ4n) is 3.76. The third kappa shape index (κ3) is 3.53. The maximum absolute atomic E-state index is 12.4. The van der Waals surface area contributed by atoms with E-state index in [9.17, 15) is 4.79 Å². The van der Waals surface area contributed by atoms with Gasteiger partial charge in [0.1, 0.15) is 0 Å². The first-order valence-electron chi connectivity index (χ1n) is 8.14. The molecule has 1 aliphatic heterocycles. The lowest BCUT2D eigenvalue weighted by Gasteiger charge is -2.20. The van der Waals surface area contributed by atoms with E-state index in [2.05, 4.69) is 36.0 Å². The second-order valence-corrected chi connectivity index (χ2v) is 6.87. The molecule has 0 saturated carbocycles. The summed E-state index contributed by atoms with van der Waals surface area (Å²) in [5.74, 6) is 0.978. The van der Waals surface area contributed by atoms with Crippen LogP contribution >= 0.6 is 0 Å². The Morgan fingerprint density at radius 3 is 2.90 bits per heavy atom. The molecule has 0 bridgehead atoms. The van der Waals surface area contributed by atoms with Crippen molar-refractivity contribution in [2.24, 2.45) is 5.92 Å². The second kappa shape index (κ2) is 6.29. The summed E-state index contributed by atoms with van der Waals surface area (Å²) in [6, 6.07) is 6.30. The average Bonchev–Trinajstić information content (AvgIpc) is 3.06. The monoisotopic (exact) mass is 286 g/mol. The van der Waals surface area contributed by atoms with E-state index >= 15 is 0 Å².